The lowest BCUT2D eigenvalue weighted by Crippen LogP contribution is -2.26. The number of fused-ring (bicyclic) bond motifs is 2. The molecule has 0 bridgehead atoms. The van der Waals surface area contributed by atoms with Crippen molar-refractivity contribution in [3.8, 4) is 0 Å². The van der Waals surface area contributed by atoms with Gasteiger partial charge in [-0.15, -0.1) is 11.3 Å². The molecule has 4 aromatic rings. The zero-order valence-corrected chi connectivity index (χ0v) is 16.5. The maximum absolute atomic E-state index is 12.7. The third-order valence-electron chi connectivity index (χ3n) is 4.73. The van der Waals surface area contributed by atoms with Crippen molar-refractivity contribution >= 4 is 38.4 Å². The molecule has 0 aliphatic carbocycles. The smallest absolute Gasteiger partial charge is 0.253 e. The van der Waals surface area contributed by atoms with Gasteiger partial charge in [0.05, 0.1) is 17.5 Å². The van der Waals surface area contributed by atoms with Crippen molar-refractivity contribution in [1.29, 1.82) is 0 Å². The molecule has 1 amide bonds. The number of pyridine rings is 1. The van der Waals surface area contributed by atoms with Gasteiger partial charge in [-0.25, -0.2) is 9.67 Å². The second kappa shape index (κ2) is 7.12. The van der Waals surface area contributed by atoms with Crippen LogP contribution in [0.25, 0.3) is 21.1 Å². The van der Waals surface area contributed by atoms with Crippen molar-refractivity contribution in [2.45, 2.75) is 33.2 Å². The SMILES string of the molecule is Cc1nc2c(cnn2C(C)C)cc1C(=O)NCCc1csc2ccccc12. The van der Waals surface area contributed by atoms with Gasteiger partial charge in [0, 0.05) is 22.7 Å². The molecule has 27 heavy (non-hydrogen) atoms. The molecule has 0 atom stereocenters. The average molecular weight is 379 g/mol. The van der Waals surface area contributed by atoms with E-state index in [2.05, 4.69) is 58.9 Å². The Morgan fingerprint density at radius 3 is 2.93 bits per heavy atom. The minimum Gasteiger partial charge on any atom is -0.352 e. The minimum atomic E-state index is -0.0845. The van der Waals surface area contributed by atoms with Crippen LogP contribution in [0.5, 0.6) is 0 Å². The lowest BCUT2D eigenvalue weighted by molar-refractivity contribution is 0.0953. The van der Waals surface area contributed by atoms with E-state index in [0.717, 1.165) is 23.1 Å². The Morgan fingerprint density at radius 1 is 1.30 bits per heavy atom. The Bertz CT molecular complexity index is 1130. The van der Waals surface area contributed by atoms with Crippen molar-refractivity contribution in [3.63, 3.8) is 0 Å². The zero-order chi connectivity index (χ0) is 19.0. The largest absolute Gasteiger partial charge is 0.352 e. The quantitative estimate of drug-likeness (QED) is 0.556. The average Bonchev–Trinajstić information content (AvgIpc) is 3.25. The molecule has 1 N–H and O–H groups in total. The summed E-state index contributed by atoms with van der Waals surface area (Å²) in [5.41, 5.74) is 3.44. The molecule has 1 aromatic carbocycles. The number of benzene rings is 1. The molecular formula is C21H22N4OS. The first-order valence-corrected chi connectivity index (χ1v) is 10.0. The van der Waals surface area contributed by atoms with Crippen LogP contribution in [0.3, 0.4) is 0 Å². The van der Waals surface area contributed by atoms with E-state index in [4.69, 9.17) is 0 Å². The molecule has 3 heterocycles. The summed E-state index contributed by atoms with van der Waals surface area (Å²) in [5, 5.41) is 11.8. The zero-order valence-electron chi connectivity index (χ0n) is 15.7. The van der Waals surface area contributed by atoms with Gasteiger partial charge in [-0.05, 0) is 55.7 Å². The fraction of sp³-hybridized carbons (Fsp3) is 0.286. The number of hydrogen-bond acceptors (Lipinski definition) is 4. The van der Waals surface area contributed by atoms with Crippen molar-refractivity contribution in [3.05, 3.63) is 58.7 Å². The van der Waals surface area contributed by atoms with Gasteiger partial charge in [-0.2, -0.15) is 5.10 Å². The van der Waals surface area contributed by atoms with E-state index in [-0.39, 0.29) is 11.9 Å². The Labute approximate surface area is 162 Å². The third kappa shape index (κ3) is 3.32. The van der Waals surface area contributed by atoms with Crippen LogP contribution in [-0.2, 0) is 6.42 Å². The lowest BCUT2D eigenvalue weighted by atomic mass is 10.1. The van der Waals surface area contributed by atoms with Gasteiger partial charge in [0.15, 0.2) is 5.65 Å². The van der Waals surface area contributed by atoms with Gasteiger partial charge in [0.1, 0.15) is 0 Å². The topological polar surface area (TPSA) is 59.8 Å². The highest BCUT2D eigenvalue weighted by atomic mass is 32.1. The van der Waals surface area contributed by atoms with Gasteiger partial charge in [0.2, 0.25) is 0 Å². The van der Waals surface area contributed by atoms with Crippen LogP contribution in [0.15, 0.2) is 41.9 Å². The van der Waals surface area contributed by atoms with Crippen molar-refractivity contribution in [1.82, 2.24) is 20.1 Å². The highest BCUT2D eigenvalue weighted by molar-refractivity contribution is 7.17. The molecule has 0 saturated heterocycles. The number of aryl methyl sites for hydroxylation is 1. The van der Waals surface area contributed by atoms with E-state index in [1.165, 1.54) is 15.6 Å². The van der Waals surface area contributed by atoms with E-state index in [1.807, 2.05) is 17.7 Å². The van der Waals surface area contributed by atoms with E-state index in [0.29, 0.717) is 12.1 Å². The van der Waals surface area contributed by atoms with Gasteiger partial charge < -0.3 is 5.32 Å². The lowest BCUT2D eigenvalue weighted by Gasteiger charge is -2.10. The maximum Gasteiger partial charge on any atom is 0.253 e. The molecule has 3 aromatic heterocycles. The molecule has 6 heteroatoms. The normalized spacial score (nSPS) is 11.6. The summed E-state index contributed by atoms with van der Waals surface area (Å²) in [4.78, 5) is 17.3. The van der Waals surface area contributed by atoms with E-state index >= 15 is 0 Å². The monoisotopic (exact) mass is 378 g/mol. The predicted octanol–water partition coefficient (Wildman–Crippen LogP) is 4.51. The number of carbonyl (C=O) groups excluding carboxylic acids is 1. The van der Waals surface area contributed by atoms with Crippen molar-refractivity contribution in [2.24, 2.45) is 0 Å². The fourth-order valence-electron chi connectivity index (χ4n) is 3.31. The molecule has 0 aliphatic heterocycles. The van der Waals surface area contributed by atoms with E-state index in [1.54, 1.807) is 17.5 Å². The van der Waals surface area contributed by atoms with Gasteiger partial charge in [0.25, 0.3) is 5.91 Å². The number of rotatable bonds is 5. The van der Waals surface area contributed by atoms with Crippen molar-refractivity contribution in [2.75, 3.05) is 6.54 Å². The van der Waals surface area contributed by atoms with Crippen LogP contribution in [-0.4, -0.2) is 27.2 Å². The van der Waals surface area contributed by atoms with Crippen LogP contribution < -0.4 is 5.32 Å². The highest BCUT2D eigenvalue weighted by Crippen LogP contribution is 2.25. The summed E-state index contributed by atoms with van der Waals surface area (Å²) in [6.07, 6.45) is 2.59. The van der Waals surface area contributed by atoms with Crippen LogP contribution in [0.4, 0.5) is 0 Å². The van der Waals surface area contributed by atoms with Gasteiger partial charge >= 0.3 is 0 Å². The Morgan fingerprint density at radius 2 is 2.11 bits per heavy atom. The number of nitrogens with zero attached hydrogens (tertiary/aromatic N) is 3. The molecule has 0 fully saturated rings. The summed E-state index contributed by atoms with van der Waals surface area (Å²) >= 11 is 1.75. The fourth-order valence-corrected chi connectivity index (χ4v) is 4.30. The molecule has 138 valence electrons. The third-order valence-corrected chi connectivity index (χ3v) is 5.75. The Balaban J connectivity index is 1.49. The Hall–Kier alpha value is -2.73. The molecule has 0 unspecified atom stereocenters. The molecule has 0 saturated carbocycles. The minimum absolute atomic E-state index is 0.0845. The number of hydrogen-bond donors (Lipinski definition) is 1. The molecule has 4 rings (SSSR count). The summed E-state index contributed by atoms with van der Waals surface area (Å²) < 4.78 is 3.16. The first-order chi connectivity index (χ1) is 13.0. The molecule has 0 spiro atoms. The first-order valence-electron chi connectivity index (χ1n) is 9.13. The van der Waals surface area contributed by atoms with Crippen LogP contribution >= 0.6 is 11.3 Å². The van der Waals surface area contributed by atoms with Gasteiger partial charge in [-0.3, -0.25) is 4.79 Å². The summed E-state index contributed by atoms with van der Waals surface area (Å²) in [5.74, 6) is -0.0845. The maximum atomic E-state index is 12.7. The number of thiophene rings is 1. The Kier molecular flexibility index (Phi) is 4.66. The summed E-state index contributed by atoms with van der Waals surface area (Å²) in [6.45, 7) is 6.61. The number of carbonyl (C=O) groups is 1. The molecule has 0 radical (unpaired) electrons. The van der Waals surface area contributed by atoms with E-state index in [9.17, 15) is 4.79 Å². The predicted molar refractivity (Wildman–Crippen MR) is 111 cm³/mol. The van der Waals surface area contributed by atoms with Crippen molar-refractivity contribution < 1.29 is 4.79 Å². The number of aromatic nitrogens is 3. The summed E-state index contributed by atoms with van der Waals surface area (Å²) in [7, 11) is 0. The summed E-state index contributed by atoms with van der Waals surface area (Å²) in [6, 6.07) is 10.5. The standard InChI is InChI=1S/C21H22N4OS/c1-13(2)25-20-16(11-23-25)10-18(14(3)24-20)21(26)22-9-8-15-12-27-19-7-5-4-6-17(15)19/h4-7,10-13H,8-9H2,1-3H3,(H,22,26). The van der Waals surface area contributed by atoms with E-state index < -0.39 is 0 Å². The first kappa shape index (κ1) is 17.7. The van der Waals surface area contributed by atoms with Crippen LogP contribution in [0, 0.1) is 6.92 Å². The number of amides is 1. The second-order valence-corrected chi connectivity index (χ2v) is 7.89. The highest BCUT2D eigenvalue weighted by Gasteiger charge is 2.15. The molecular weight excluding hydrogens is 356 g/mol. The van der Waals surface area contributed by atoms with Gasteiger partial charge in [-0.1, -0.05) is 18.2 Å². The van der Waals surface area contributed by atoms with Crippen LogP contribution in [0.2, 0.25) is 0 Å². The molecule has 5 nitrogen and oxygen atoms in total. The number of nitrogens with one attached hydrogen (secondary N) is 1. The molecule has 0 aliphatic rings. The second-order valence-electron chi connectivity index (χ2n) is 6.98. The van der Waals surface area contributed by atoms with Crippen LogP contribution in [0.1, 0.15) is 41.5 Å².